The summed E-state index contributed by atoms with van der Waals surface area (Å²) in [5, 5.41) is 13.8. The molecule has 1 saturated heterocycles. The van der Waals surface area contributed by atoms with E-state index in [0.29, 0.717) is 12.1 Å². The van der Waals surface area contributed by atoms with E-state index < -0.39 is 14.8 Å². The fraction of sp³-hybridized carbons (Fsp3) is 0.455. The summed E-state index contributed by atoms with van der Waals surface area (Å²) in [6.07, 6.45) is 0.546. The Hall–Kier alpha value is -1.63. The number of hydrogen-bond acceptors (Lipinski definition) is 5. The highest BCUT2D eigenvalue weighted by Crippen LogP contribution is 2.24. The van der Waals surface area contributed by atoms with Gasteiger partial charge in [0.25, 0.3) is 5.69 Å². The van der Waals surface area contributed by atoms with Crippen molar-refractivity contribution < 1.29 is 13.3 Å². The first-order valence-electron chi connectivity index (χ1n) is 5.59. The Kier molecular flexibility index (Phi) is 3.25. The lowest BCUT2D eigenvalue weighted by molar-refractivity contribution is -0.384. The minimum absolute atomic E-state index is 0.00366. The van der Waals surface area contributed by atoms with E-state index >= 15 is 0 Å². The number of nitrogens with zero attached hydrogens (tertiary/aromatic N) is 1. The monoisotopic (exact) mass is 270 g/mol. The molecule has 7 heteroatoms. The van der Waals surface area contributed by atoms with E-state index in [1.54, 1.807) is 6.07 Å². The topological polar surface area (TPSA) is 89.3 Å². The van der Waals surface area contributed by atoms with Crippen molar-refractivity contribution in [3.8, 4) is 0 Å². The quantitative estimate of drug-likeness (QED) is 0.664. The molecule has 1 N–H and O–H groups in total. The Labute approximate surface area is 105 Å². The summed E-state index contributed by atoms with van der Waals surface area (Å²) in [6.45, 7) is 1.83. The Balaban J connectivity index is 2.19. The van der Waals surface area contributed by atoms with Gasteiger partial charge in [0.1, 0.15) is 0 Å². The van der Waals surface area contributed by atoms with Gasteiger partial charge in [-0.2, -0.15) is 0 Å². The molecule has 0 radical (unpaired) electrons. The number of nitrogens with one attached hydrogen (secondary N) is 1. The molecule has 0 spiro atoms. The van der Waals surface area contributed by atoms with Gasteiger partial charge in [0.2, 0.25) is 0 Å². The fourth-order valence-corrected chi connectivity index (χ4v) is 3.68. The minimum atomic E-state index is -2.95. The van der Waals surface area contributed by atoms with Crippen LogP contribution in [-0.2, 0) is 9.84 Å². The predicted octanol–water partition coefficient (Wildman–Crippen LogP) is 1.50. The largest absolute Gasteiger partial charge is 0.381 e. The highest BCUT2D eigenvalue weighted by Gasteiger charge is 2.28. The van der Waals surface area contributed by atoms with Crippen LogP contribution in [0.15, 0.2) is 18.2 Å². The molecule has 0 bridgehead atoms. The fourth-order valence-electron chi connectivity index (χ4n) is 2.01. The first-order chi connectivity index (χ1) is 8.37. The second kappa shape index (κ2) is 4.56. The molecule has 1 aromatic carbocycles. The van der Waals surface area contributed by atoms with E-state index in [9.17, 15) is 18.5 Å². The molecular weight excluding hydrogens is 256 g/mol. The molecule has 2 rings (SSSR count). The van der Waals surface area contributed by atoms with Gasteiger partial charge >= 0.3 is 0 Å². The van der Waals surface area contributed by atoms with Crippen molar-refractivity contribution >= 4 is 21.2 Å². The number of rotatable bonds is 3. The third-order valence-corrected chi connectivity index (χ3v) is 4.79. The van der Waals surface area contributed by atoms with E-state index in [4.69, 9.17) is 0 Å². The minimum Gasteiger partial charge on any atom is -0.381 e. The van der Waals surface area contributed by atoms with Gasteiger partial charge in [-0.3, -0.25) is 10.1 Å². The van der Waals surface area contributed by atoms with Crippen LogP contribution in [0.5, 0.6) is 0 Å². The molecule has 18 heavy (non-hydrogen) atoms. The van der Waals surface area contributed by atoms with Crippen molar-refractivity contribution in [2.75, 3.05) is 16.8 Å². The summed E-state index contributed by atoms with van der Waals surface area (Å²) in [5.41, 5.74) is 1.50. The molecule has 98 valence electrons. The summed E-state index contributed by atoms with van der Waals surface area (Å²) in [4.78, 5) is 10.2. The van der Waals surface area contributed by atoms with E-state index in [1.807, 2.05) is 6.92 Å². The van der Waals surface area contributed by atoms with Crippen LogP contribution in [0.25, 0.3) is 0 Å². The molecule has 1 aliphatic heterocycles. The zero-order chi connectivity index (χ0) is 13.3. The van der Waals surface area contributed by atoms with E-state index in [1.165, 1.54) is 12.1 Å². The van der Waals surface area contributed by atoms with Gasteiger partial charge in [-0.1, -0.05) is 6.07 Å². The maximum atomic E-state index is 11.3. The summed E-state index contributed by atoms with van der Waals surface area (Å²) >= 11 is 0. The smallest absolute Gasteiger partial charge is 0.271 e. The lowest BCUT2D eigenvalue weighted by atomic mass is 10.1. The maximum Gasteiger partial charge on any atom is 0.271 e. The zero-order valence-corrected chi connectivity index (χ0v) is 10.7. The molecule has 0 aromatic heterocycles. The molecule has 1 fully saturated rings. The van der Waals surface area contributed by atoms with Crippen molar-refractivity contribution in [1.82, 2.24) is 0 Å². The number of nitro benzene ring substituents is 1. The van der Waals surface area contributed by atoms with Gasteiger partial charge in [-0.15, -0.1) is 0 Å². The van der Waals surface area contributed by atoms with Crippen LogP contribution >= 0.6 is 0 Å². The lowest BCUT2D eigenvalue weighted by Crippen LogP contribution is -2.21. The van der Waals surface area contributed by atoms with Crippen molar-refractivity contribution in [1.29, 1.82) is 0 Å². The average Bonchev–Trinajstić information content (AvgIpc) is 2.61. The third-order valence-electron chi connectivity index (χ3n) is 3.02. The maximum absolute atomic E-state index is 11.3. The van der Waals surface area contributed by atoms with E-state index in [0.717, 1.165) is 5.56 Å². The van der Waals surface area contributed by atoms with Crippen LogP contribution < -0.4 is 5.32 Å². The van der Waals surface area contributed by atoms with Crippen LogP contribution in [0.3, 0.4) is 0 Å². The molecule has 6 nitrogen and oxygen atoms in total. The molecule has 1 heterocycles. The zero-order valence-electron chi connectivity index (χ0n) is 9.92. The third kappa shape index (κ3) is 2.79. The van der Waals surface area contributed by atoms with Crippen LogP contribution in [0, 0.1) is 17.0 Å². The normalized spacial score (nSPS) is 21.7. The highest BCUT2D eigenvalue weighted by atomic mass is 32.2. The van der Waals surface area contributed by atoms with Crippen LogP contribution in [-0.4, -0.2) is 30.9 Å². The number of benzene rings is 1. The van der Waals surface area contributed by atoms with Gasteiger partial charge in [0, 0.05) is 23.9 Å². The predicted molar refractivity (Wildman–Crippen MR) is 68.5 cm³/mol. The number of non-ortho nitro benzene ring substituents is 1. The summed E-state index contributed by atoms with van der Waals surface area (Å²) < 4.78 is 22.7. The lowest BCUT2D eigenvalue weighted by Gasteiger charge is -2.14. The van der Waals surface area contributed by atoms with Crippen LogP contribution in [0.1, 0.15) is 12.0 Å². The first kappa shape index (κ1) is 12.8. The molecule has 1 aromatic rings. The molecular formula is C11H14N2O4S. The number of sulfone groups is 1. The first-order valence-corrected chi connectivity index (χ1v) is 7.41. The number of aryl methyl sites for hydroxylation is 1. The molecule has 0 amide bonds. The average molecular weight is 270 g/mol. The molecule has 1 atom stereocenters. The molecule has 1 aliphatic rings. The van der Waals surface area contributed by atoms with Crippen molar-refractivity contribution in [3.05, 3.63) is 33.9 Å². The number of nitro groups is 1. The Morgan fingerprint density at radius 2 is 2.17 bits per heavy atom. The van der Waals surface area contributed by atoms with Crippen LogP contribution in [0.4, 0.5) is 11.4 Å². The Morgan fingerprint density at radius 1 is 1.44 bits per heavy atom. The second-order valence-corrected chi connectivity index (χ2v) is 6.73. The van der Waals surface area contributed by atoms with Crippen molar-refractivity contribution in [3.63, 3.8) is 0 Å². The summed E-state index contributed by atoms with van der Waals surface area (Å²) in [5.74, 6) is 0.272. The van der Waals surface area contributed by atoms with Crippen molar-refractivity contribution in [2.24, 2.45) is 0 Å². The summed E-state index contributed by atoms with van der Waals surface area (Å²) in [6, 6.07) is 4.38. The van der Waals surface area contributed by atoms with E-state index in [2.05, 4.69) is 5.32 Å². The molecule has 0 aliphatic carbocycles. The van der Waals surface area contributed by atoms with Crippen LogP contribution in [0.2, 0.25) is 0 Å². The highest BCUT2D eigenvalue weighted by molar-refractivity contribution is 7.91. The number of hydrogen-bond donors (Lipinski definition) is 1. The SMILES string of the molecule is Cc1ccc([N+](=O)[O-])cc1NC1CCS(=O)(=O)C1. The van der Waals surface area contributed by atoms with Crippen molar-refractivity contribution in [2.45, 2.75) is 19.4 Å². The molecule has 1 unspecified atom stereocenters. The van der Waals surface area contributed by atoms with Gasteiger partial charge in [-0.05, 0) is 18.9 Å². The molecule has 0 saturated carbocycles. The van der Waals surface area contributed by atoms with Gasteiger partial charge in [-0.25, -0.2) is 8.42 Å². The standard InChI is InChI=1S/C11H14N2O4S/c1-8-2-3-10(13(14)15)6-11(8)12-9-4-5-18(16,17)7-9/h2-3,6,9,12H,4-5,7H2,1H3. The van der Waals surface area contributed by atoms with Gasteiger partial charge in [0.05, 0.1) is 16.4 Å². The Morgan fingerprint density at radius 3 is 2.72 bits per heavy atom. The Bertz CT molecular complexity index is 583. The van der Waals surface area contributed by atoms with Gasteiger partial charge in [0.15, 0.2) is 9.84 Å². The van der Waals surface area contributed by atoms with E-state index in [-0.39, 0.29) is 23.2 Å². The summed E-state index contributed by atoms with van der Waals surface area (Å²) in [7, 11) is -2.95. The van der Waals surface area contributed by atoms with Gasteiger partial charge < -0.3 is 5.32 Å². The number of anilines is 1. The second-order valence-electron chi connectivity index (χ2n) is 4.50.